The topological polar surface area (TPSA) is 58.6 Å². The van der Waals surface area contributed by atoms with Gasteiger partial charge < -0.3 is 15.0 Å². The van der Waals surface area contributed by atoms with E-state index < -0.39 is 5.97 Å². The number of esters is 1. The molecule has 0 saturated carbocycles. The number of para-hydroxylation sites is 2. The summed E-state index contributed by atoms with van der Waals surface area (Å²) in [6.07, 6.45) is 1.59. The van der Waals surface area contributed by atoms with Gasteiger partial charge in [0.25, 0.3) is 0 Å². The van der Waals surface area contributed by atoms with Crippen LogP contribution in [0.3, 0.4) is 0 Å². The van der Waals surface area contributed by atoms with Crippen LogP contribution in [0.4, 0.5) is 11.4 Å². The number of nitrogens with one attached hydrogen (secondary N) is 1. The van der Waals surface area contributed by atoms with Gasteiger partial charge in [0, 0.05) is 24.7 Å². The largest absolute Gasteiger partial charge is 0.465 e. The van der Waals surface area contributed by atoms with Crippen molar-refractivity contribution in [3.63, 3.8) is 0 Å². The van der Waals surface area contributed by atoms with E-state index in [-0.39, 0.29) is 11.8 Å². The first-order valence-corrected chi connectivity index (χ1v) is 8.47. The maximum atomic E-state index is 12.6. The van der Waals surface area contributed by atoms with Gasteiger partial charge in [-0.05, 0) is 37.1 Å². The number of anilines is 2. The number of amides is 1. The van der Waals surface area contributed by atoms with Crippen LogP contribution in [0.1, 0.15) is 23.2 Å². The van der Waals surface area contributed by atoms with Crippen molar-refractivity contribution >= 4 is 23.3 Å². The molecule has 5 nitrogen and oxygen atoms in total. The Bertz CT molecular complexity index is 738. The third kappa shape index (κ3) is 3.99. The molecule has 0 unspecified atom stereocenters. The first-order chi connectivity index (χ1) is 12.2. The van der Waals surface area contributed by atoms with E-state index >= 15 is 0 Å². The van der Waals surface area contributed by atoms with Crippen molar-refractivity contribution in [2.24, 2.45) is 5.92 Å². The fourth-order valence-electron chi connectivity index (χ4n) is 3.15. The molecule has 1 N–H and O–H groups in total. The molecule has 1 heterocycles. The summed E-state index contributed by atoms with van der Waals surface area (Å²) in [4.78, 5) is 26.7. The van der Waals surface area contributed by atoms with Crippen molar-refractivity contribution in [1.82, 2.24) is 0 Å². The second kappa shape index (κ2) is 7.83. The second-order valence-corrected chi connectivity index (χ2v) is 6.12. The average Bonchev–Trinajstić information content (AvgIpc) is 2.68. The lowest BCUT2D eigenvalue weighted by atomic mass is 9.95. The maximum absolute atomic E-state index is 12.6. The zero-order chi connectivity index (χ0) is 17.6. The molecular weight excluding hydrogens is 316 g/mol. The van der Waals surface area contributed by atoms with Crippen molar-refractivity contribution in [1.29, 1.82) is 0 Å². The van der Waals surface area contributed by atoms with Gasteiger partial charge in [-0.2, -0.15) is 0 Å². The zero-order valence-electron chi connectivity index (χ0n) is 14.3. The number of hydrogen-bond acceptors (Lipinski definition) is 4. The number of carbonyl (C=O) groups excluding carboxylic acids is 2. The van der Waals surface area contributed by atoms with Gasteiger partial charge >= 0.3 is 5.97 Å². The van der Waals surface area contributed by atoms with Crippen LogP contribution in [0.25, 0.3) is 0 Å². The fourth-order valence-corrected chi connectivity index (χ4v) is 3.15. The lowest BCUT2D eigenvalue weighted by Crippen LogP contribution is -2.38. The van der Waals surface area contributed by atoms with E-state index in [0.29, 0.717) is 11.3 Å². The quantitative estimate of drug-likeness (QED) is 0.869. The van der Waals surface area contributed by atoms with Gasteiger partial charge in [-0.25, -0.2) is 4.79 Å². The van der Waals surface area contributed by atoms with Crippen LogP contribution in [0.2, 0.25) is 0 Å². The molecule has 0 radical (unpaired) electrons. The van der Waals surface area contributed by atoms with Crippen molar-refractivity contribution in [2.75, 3.05) is 30.4 Å². The molecule has 1 fully saturated rings. The third-order valence-corrected chi connectivity index (χ3v) is 4.58. The minimum Gasteiger partial charge on any atom is -0.465 e. The van der Waals surface area contributed by atoms with E-state index in [4.69, 9.17) is 4.74 Å². The van der Waals surface area contributed by atoms with E-state index in [1.807, 2.05) is 18.2 Å². The first kappa shape index (κ1) is 17.0. The maximum Gasteiger partial charge on any atom is 0.339 e. The molecule has 0 bridgehead atoms. The number of nitrogens with zero attached hydrogens (tertiary/aromatic N) is 1. The number of carbonyl (C=O) groups is 2. The number of hydrogen-bond donors (Lipinski definition) is 1. The lowest BCUT2D eigenvalue weighted by Gasteiger charge is -2.33. The number of piperidine rings is 1. The first-order valence-electron chi connectivity index (χ1n) is 8.47. The molecule has 0 atom stereocenters. The molecule has 1 amide bonds. The number of benzene rings is 2. The Kier molecular flexibility index (Phi) is 5.33. The predicted octanol–water partition coefficient (Wildman–Crippen LogP) is 3.33. The summed E-state index contributed by atoms with van der Waals surface area (Å²) >= 11 is 0. The lowest BCUT2D eigenvalue weighted by molar-refractivity contribution is -0.120. The highest BCUT2D eigenvalue weighted by molar-refractivity contribution is 6.01. The smallest absolute Gasteiger partial charge is 0.339 e. The van der Waals surface area contributed by atoms with Crippen molar-refractivity contribution < 1.29 is 14.3 Å². The van der Waals surface area contributed by atoms with Crippen LogP contribution in [0.5, 0.6) is 0 Å². The summed E-state index contributed by atoms with van der Waals surface area (Å²) in [7, 11) is 1.33. The molecule has 25 heavy (non-hydrogen) atoms. The highest BCUT2D eigenvalue weighted by atomic mass is 16.5. The monoisotopic (exact) mass is 338 g/mol. The summed E-state index contributed by atoms with van der Waals surface area (Å²) < 4.78 is 4.77. The number of ether oxygens (including phenoxy) is 1. The van der Waals surface area contributed by atoms with Gasteiger partial charge in [-0.3, -0.25) is 4.79 Å². The van der Waals surface area contributed by atoms with Gasteiger partial charge in [-0.1, -0.05) is 30.3 Å². The normalized spacial score (nSPS) is 14.8. The highest BCUT2D eigenvalue weighted by Gasteiger charge is 2.26. The molecule has 0 aromatic heterocycles. The van der Waals surface area contributed by atoms with E-state index in [0.717, 1.165) is 25.9 Å². The predicted molar refractivity (Wildman–Crippen MR) is 97.8 cm³/mol. The Hall–Kier alpha value is -2.82. The second-order valence-electron chi connectivity index (χ2n) is 6.12. The Morgan fingerprint density at radius 2 is 1.64 bits per heavy atom. The minimum absolute atomic E-state index is 0.0379. The molecular formula is C20H22N2O3. The van der Waals surface area contributed by atoms with Gasteiger partial charge in [0.1, 0.15) is 0 Å². The van der Waals surface area contributed by atoms with Crippen LogP contribution in [-0.2, 0) is 9.53 Å². The highest BCUT2D eigenvalue weighted by Crippen LogP contribution is 2.25. The molecule has 5 heteroatoms. The molecule has 130 valence electrons. The van der Waals surface area contributed by atoms with Gasteiger partial charge in [-0.15, -0.1) is 0 Å². The molecule has 2 aromatic rings. The Morgan fingerprint density at radius 3 is 2.32 bits per heavy atom. The Labute approximate surface area is 147 Å². The number of methoxy groups -OCH3 is 1. The summed E-state index contributed by atoms with van der Waals surface area (Å²) in [5.41, 5.74) is 2.07. The fraction of sp³-hybridized carbons (Fsp3) is 0.300. The van der Waals surface area contributed by atoms with Gasteiger partial charge in [0.15, 0.2) is 0 Å². The van der Waals surface area contributed by atoms with Crippen molar-refractivity contribution in [3.05, 3.63) is 60.2 Å². The van der Waals surface area contributed by atoms with Crippen LogP contribution in [0.15, 0.2) is 54.6 Å². The van der Waals surface area contributed by atoms with Crippen LogP contribution in [-0.4, -0.2) is 32.1 Å². The summed E-state index contributed by atoms with van der Waals surface area (Å²) in [5.74, 6) is -0.537. The molecule has 1 saturated heterocycles. The van der Waals surface area contributed by atoms with Crippen molar-refractivity contribution in [2.45, 2.75) is 12.8 Å². The van der Waals surface area contributed by atoms with E-state index in [1.54, 1.807) is 24.3 Å². The summed E-state index contributed by atoms with van der Waals surface area (Å²) in [5, 5.41) is 2.89. The molecule has 0 spiro atoms. The Balaban J connectivity index is 1.61. The van der Waals surface area contributed by atoms with Crippen LogP contribution in [0, 0.1) is 5.92 Å². The minimum atomic E-state index is -0.449. The average molecular weight is 338 g/mol. The van der Waals surface area contributed by atoms with Crippen LogP contribution >= 0.6 is 0 Å². The SMILES string of the molecule is COC(=O)c1ccccc1NC(=O)C1CCN(c2ccccc2)CC1. The zero-order valence-corrected chi connectivity index (χ0v) is 14.3. The van der Waals surface area contributed by atoms with E-state index in [9.17, 15) is 9.59 Å². The molecule has 1 aliphatic heterocycles. The molecule has 0 aliphatic carbocycles. The van der Waals surface area contributed by atoms with Gasteiger partial charge in [0.05, 0.1) is 18.4 Å². The molecule has 2 aromatic carbocycles. The van der Waals surface area contributed by atoms with Crippen LogP contribution < -0.4 is 10.2 Å². The molecule has 1 aliphatic rings. The Morgan fingerprint density at radius 1 is 1.00 bits per heavy atom. The summed E-state index contributed by atoms with van der Waals surface area (Å²) in [6, 6.07) is 17.2. The standard InChI is InChI=1S/C20H22N2O3/c1-25-20(24)17-9-5-6-10-18(17)21-19(23)15-11-13-22(14-12-15)16-7-3-2-4-8-16/h2-10,15H,11-14H2,1H3,(H,21,23). The van der Waals surface area contributed by atoms with E-state index in [2.05, 4.69) is 22.3 Å². The molecule has 3 rings (SSSR count). The van der Waals surface area contributed by atoms with Crippen molar-refractivity contribution in [3.8, 4) is 0 Å². The third-order valence-electron chi connectivity index (χ3n) is 4.58. The number of rotatable bonds is 4. The summed E-state index contributed by atoms with van der Waals surface area (Å²) in [6.45, 7) is 1.70. The van der Waals surface area contributed by atoms with Gasteiger partial charge in [0.2, 0.25) is 5.91 Å². The van der Waals surface area contributed by atoms with E-state index in [1.165, 1.54) is 12.8 Å².